The maximum Gasteiger partial charge on any atom is 0.325 e. The summed E-state index contributed by atoms with van der Waals surface area (Å²) in [7, 11) is 1.27. The van der Waals surface area contributed by atoms with E-state index < -0.39 is 10.9 Å². The average molecular weight is 245 g/mol. The number of ether oxygens (including phenoxy) is 1. The highest BCUT2D eigenvalue weighted by Gasteiger charge is 2.09. The number of nitrogens with zero attached hydrogens (tertiary/aromatic N) is 1. The first-order valence-electron chi connectivity index (χ1n) is 4.29. The van der Waals surface area contributed by atoms with Crippen molar-refractivity contribution in [3.63, 3.8) is 0 Å². The zero-order valence-electron chi connectivity index (χ0n) is 8.40. The van der Waals surface area contributed by atoms with E-state index in [1.165, 1.54) is 25.3 Å². The number of nitro groups is 1. The summed E-state index contributed by atoms with van der Waals surface area (Å²) in [5.74, 6) is -0.450. The Kier molecular flexibility index (Phi) is 4.07. The molecule has 0 amide bonds. The van der Waals surface area contributed by atoms with Crippen LogP contribution in [0.5, 0.6) is 0 Å². The Labute approximate surface area is 96.3 Å². The summed E-state index contributed by atoms with van der Waals surface area (Å²) in [5, 5.41) is 13.3. The van der Waals surface area contributed by atoms with Crippen LogP contribution in [0, 0.1) is 10.1 Å². The van der Waals surface area contributed by atoms with E-state index >= 15 is 0 Å². The molecule has 0 fully saturated rings. The molecule has 0 aromatic heterocycles. The topological polar surface area (TPSA) is 81.5 Å². The normalized spacial score (nSPS) is 9.62. The number of non-ortho nitro benzene ring substituents is 1. The van der Waals surface area contributed by atoms with Gasteiger partial charge in [0, 0.05) is 12.1 Å². The highest BCUT2D eigenvalue weighted by molar-refractivity contribution is 6.33. The summed E-state index contributed by atoms with van der Waals surface area (Å²) < 4.78 is 4.42. The Balaban J connectivity index is 2.75. The molecule has 1 aromatic rings. The van der Waals surface area contributed by atoms with Gasteiger partial charge in [0.25, 0.3) is 5.69 Å². The van der Waals surface area contributed by atoms with Crippen LogP contribution in [0.1, 0.15) is 0 Å². The monoisotopic (exact) mass is 244 g/mol. The lowest BCUT2D eigenvalue weighted by Gasteiger charge is -2.06. The summed E-state index contributed by atoms with van der Waals surface area (Å²) >= 11 is 5.78. The van der Waals surface area contributed by atoms with Gasteiger partial charge < -0.3 is 10.1 Å². The number of halogens is 1. The van der Waals surface area contributed by atoms with Crippen molar-refractivity contribution in [1.82, 2.24) is 0 Å². The summed E-state index contributed by atoms with van der Waals surface area (Å²) in [6, 6.07) is 3.94. The third-order valence-corrected chi connectivity index (χ3v) is 2.13. The molecule has 0 aliphatic heterocycles. The summed E-state index contributed by atoms with van der Waals surface area (Å²) in [4.78, 5) is 20.7. The SMILES string of the molecule is COC(=O)CNc1ccc([N+](=O)[O-])cc1Cl. The molecule has 6 nitrogen and oxygen atoms in total. The van der Waals surface area contributed by atoms with E-state index in [-0.39, 0.29) is 17.3 Å². The Morgan fingerprint density at radius 1 is 1.62 bits per heavy atom. The molecular weight excluding hydrogens is 236 g/mol. The minimum atomic E-state index is -0.546. The first kappa shape index (κ1) is 12.3. The smallest absolute Gasteiger partial charge is 0.325 e. The molecule has 0 saturated heterocycles. The van der Waals surface area contributed by atoms with Crippen molar-refractivity contribution in [3.8, 4) is 0 Å². The van der Waals surface area contributed by atoms with Gasteiger partial charge in [-0.25, -0.2) is 0 Å². The lowest BCUT2D eigenvalue weighted by molar-refractivity contribution is -0.384. The number of hydrogen-bond donors (Lipinski definition) is 1. The van der Waals surface area contributed by atoms with Crippen LogP contribution in [0.25, 0.3) is 0 Å². The molecule has 0 bridgehead atoms. The highest BCUT2D eigenvalue weighted by atomic mass is 35.5. The van der Waals surface area contributed by atoms with Gasteiger partial charge in [0.05, 0.1) is 22.7 Å². The van der Waals surface area contributed by atoms with Gasteiger partial charge in [-0.15, -0.1) is 0 Å². The molecule has 0 atom stereocenters. The zero-order chi connectivity index (χ0) is 12.1. The molecule has 0 spiro atoms. The standard InChI is InChI=1S/C9H9ClN2O4/c1-16-9(13)5-11-8-3-2-6(12(14)15)4-7(8)10/h2-4,11H,5H2,1H3. The van der Waals surface area contributed by atoms with Crippen molar-refractivity contribution in [3.05, 3.63) is 33.3 Å². The van der Waals surface area contributed by atoms with E-state index in [1.54, 1.807) is 0 Å². The molecule has 0 saturated carbocycles. The number of nitro benzene ring substituents is 1. The summed E-state index contributed by atoms with van der Waals surface area (Å²) in [6.07, 6.45) is 0. The summed E-state index contributed by atoms with van der Waals surface area (Å²) in [6.45, 7) is -0.0476. The van der Waals surface area contributed by atoms with Gasteiger partial charge in [-0.2, -0.15) is 0 Å². The van der Waals surface area contributed by atoms with Crippen LogP contribution in [0.15, 0.2) is 18.2 Å². The van der Waals surface area contributed by atoms with Gasteiger partial charge in [0.2, 0.25) is 0 Å². The van der Waals surface area contributed by atoms with Gasteiger partial charge in [-0.3, -0.25) is 14.9 Å². The van der Waals surface area contributed by atoms with E-state index in [0.29, 0.717) is 5.69 Å². The van der Waals surface area contributed by atoms with E-state index in [9.17, 15) is 14.9 Å². The lowest BCUT2D eigenvalue weighted by Crippen LogP contribution is -2.15. The Morgan fingerprint density at radius 3 is 2.81 bits per heavy atom. The molecule has 1 N–H and O–H groups in total. The molecule has 0 unspecified atom stereocenters. The second-order valence-corrected chi connectivity index (χ2v) is 3.26. The number of carbonyl (C=O) groups excluding carboxylic acids is 1. The van der Waals surface area contributed by atoms with E-state index in [1.807, 2.05) is 0 Å². The van der Waals surface area contributed by atoms with Gasteiger partial charge in [0.1, 0.15) is 6.54 Å². The fourth-order valence-corrected chi connectivity index (χ4v) is 1.24. The number of methoxy groups -OCH3 is 1. The van der Waals surface area contributed by atoms with Crippen LogP contribution in [0.3, 0.4) is 0 Å². The minimum Gasteiger partial charge on any atom is -0.468 e. The third kappa shape index (κ3) is 3.09. The van der Waals surface area contributed by atoms with Crippen molar-refractivity contribution in [2.45, 2.75) is 0 Å². The Hall–Kier alpha value is -1.82. The first-order valence-corrected chi connectivity index (χ1v) is 4.67. The van der Waals surface area contributed by atoms with Crippen LogP contribution < -0.4 is 5.32 Å². The number of benzene rings is 1. The number of esters is 1. The highest BCUT2D eigenvalue weighted by Crippen LogP contribution is 2.26. The van der Waals surface area contributed by atoms with Crippen molar-refractivity contribution in [2.24, 2.45) is 0 Å². The predicted molar refractivity (Wildman–Crippen MR) is 58.6 cm³/mol. The minimum absolute atomic E-state index is 0.0476. The molecule has 0 radical (unpaired) electrons. The number of rotatable bonds is 4. The molecule has 86 valence electrons. The van der Waals surface area contributed by atoms with Crippen molar-refractivity contribution in [2.75, 3.05) is 19.0 Å². The number of carbonyl (C=O) groups is 1. The van der Waals surface area contributed by atoms with Gasteiger partial charge in [-0.1, -0.05) is 11.6 Å². The maximum absolute atomic E-state index is 10.8. The van der Waals surface area contributed by atoms with E-state index in [4.69, 9.17) is 11.6 Å². The fraction of sp³-hybridized carbons (Fsp3) is 0.222. The quantitative estimate of drug-likeness (QED) is 0.496. The van der Waals surface area contributed by atoms with Crippen LogP contribution in [0.2, 0.25) is 5.02 Å². The number of anilines is 1. The Morgan fingerprint density at radius 2 is 2.31 bits per heavy atom. The van der Waals surface area contributed by atoms with Gasteiger partial charge in [0.15, 0.2) is 0 Å². The van der Waals surface area contributed by atoms with Crippen molar-refractivity contribution >= 4 is 28.9 Å². The molecule has 0 aliphatic carbocycles. The molecular formula is C9H9ClN2O4. The van der Waals surface area contributed by atoms with E-state index in [2.05, 4.69) is 10.1 Å². The maximum atomic E-state index is 10.8. The number of hydrogen-bond acceptors (Lipinski definition) is 5. The van der Waals surface area contributed by atoms with Gasteiger partial charge >= 0.3 is 5.97 Å². The first-order chi connectivity index (χ1) is 7.54. The zero-order valence-corrected chi connectivity index (χ0v) is 9.15. The van der Waals surface area contributed by atoms with Crippen LogP contribution in [-0.4, -0.2) is 24.5 Å². The largest absolute Gasteiger partial charge is 0.468 e. The second kappa shape index (κ2) is 5.32. The predicted octanol–water partition coefficient (Wildman–Crippen LogP) is 1.83. The van der Waals surface area contributed by atoms with Gasteiger partial charge in [-0.05, 0) is 6.07 Å². The fourth-order valence-electron chi connectivity index (χ4n) is 1.00. The Bertz CT molecular complexity index is 422. The van der Waals surface area contributed by atoms with Crippen molar-refractivity contribution in [1.29, 1.82) is 0 Å². The molecule has 1 aromatic carbocycles. The lowest BCUT2D eigenvalue weighted by atomic mass is 10.3. The number of nitrogens with one attached hydrogen (secondary N) is 1. The molecule has 0 heterocycles. The van der Waals surface area contributed by atoms with Crippen LogP contribution >= 0.6 is 11.6 Å². The van der Waals surface area contributed by atoms with Crippen molar-refractivity contribution < 1.29 is 14.5 Å². The average Bonchev–Trinajstić information content (AvgIpc) is 2.26. The second-order valence-electron chi connectivity index (χ2n) is 2.85. The summed E-state index contributed by atoms with van der Waals surface area (Å²) in [5.41, 5.74) is 0.339. The molecule has 16 heavy (non-hydrogen) atoms. The third-order valence-electron chi connectivity index (χ3n) is 1.81. The molecule has 1 rings (SSSR count). The van der Waals surface area contributed by atoms with E-state index in [0.717, 1.165) is 0 Å². The van der Waals surface area contributed by atoms with Crippen LogP contribution in [-0.2, 0) is 9.53 Å². The molecule has 7 heteroatoms. The van der Waals surface area contributed by atoms with Crippen LogP contribution in [0.4, 0.5) is 11.4 Å². The molecule has 0 aliphatic rings.